The Balaban J connectivity index is 1.91. The van der Waals surface area contributed by atoms with Crippen LogP contribution >= 0.6 is 0 Å². The Kier molecular flexibility index (Phi) is 2.29. The molecule has 0 saturated carbocycles. The van der Waals surface area contributed by atoms with Crippen LogP contribution in [0.5, 0.6) is 0 Å². The zero-order valence-electron chi connectivity index (χ0n) is 9.30. The van der Waals surface area contributed by atoms with Crippen molar-refractivity contribution in [2.45, 2.75) is 12.6 Å². The normalized spacial score (nSPS) is 17.3. The molecule has 1 aliphatic heterocycles. The molecular weight excluding hydrogens is 237 g/mol. The second-order valence-corrected chi connectivity index (χ2v) is 4.15. The summed E-state index contributed by atoms with van der Waals surface area (Å²) in [5, 5.41) is 16.0. The van der Waals surface area contributed by atoms with Crippen LogP contribution in [0.4, 0.5) is 10.2 Å². The standard InChI is InChI=1S/C12H10FN3O2/c13-8-3-1-2-7(4-8)10-6-16-11(15-10)9(5-14-16)12(17)18/h1-5,10,15H,6H2,(H,17,18)/t10-/m1/s1. The number of aromatic nitrogens is 2. The number of aromatic carboxylic acids is 1. The topological polar surface area (TPSA) is 67.1 Å². The number of nitrogens with zero attached hydrogens (tertiary/aromatic N) is 2. The van der Waals surface area contributed by atoms with Crippen LogP contribution in [0.15, 0.2) is 30.5 Å². The number of anilines is 1. The van der Waals surface area contributed by atoms with Gasteiger partial charge in [-0.15, -0.1) is 0 Å². The number of carboxylic acid groups (broad SMARTS) is 1. The van der Waals surface area contributed by atoms with E-state index in [9.17, 15) is 9.18 Å². The third kappa shape index (κ3) is 1.62. The highest BCUT2D eigenvalue weighted by atomic mass is 19.1. The van der Waals surface area contributed by atoms with Gasteiger partial charge in [0.25, 0.3) is 0 Å². The summed E-state index contributed by atoms with van der Waals surface area (Å²) in [5.74, 6) is -0.863. The summed E-state index contributed by atoms with van der Waals surface area (Å²) in [4.78, 5) is 11.0. The molecule has 3 rings (SSSR count). The van der Waals surface area contributed by atoms with Gasteiger partial charge in [-0.1, -0.05) is 12.1 Å². The van der Waals surface area contributed by atoms with Crippen molar-refractivity contribution in [1.82, 2.24) is 9.78 Å². The molecule has 1 atom stereocenters. The van der Waals surface area contributed by atoms with E-state index in [4.69, 9.17) is 5.11 Å². The van der Waals surface area contributed by atoms with E-state index in [2.05, 4.69) is 10.4 Å². The van der Waals surface area contributed by atoms with Gasteiger partial charge < -0.3 is 10.4 Å². The first kappa shape index (κ1) is 10.8. The third-order valence-electron chi connectivity index (χ3n) is 2.99. The fourth-order valence-corrected chi connectivity index (χ4v) is 2.13. The first-order valence-electron chi connectivity index (χ1n) is 5.46. The quantitative estimate of drug-likeness (QED) is 0.850. The molecule has 6 heteroatoms. The third-order valence-corrected chi connectivity index (χ3v) is 2.99. The molecule has 0 spiro atoms. The fourth-order valence-electron chi connectivity index (χ4n) is 2.13. The van der Waals surface area contributed by atoms with E-state index >= 15 is 0 Å². The lowest BCUT2D eigenvalue weighted by Gasteiger charge is -2.10. The Morgan fingerprint density at radius 2 is 2.39 bits per heavy atom. The summed E-state index contributed by atoms with van der Waals surface area (Å²) in [6.07, 6.45) is 1.31. The molecule has 2 N–H and O–H groups in total. The van der Waals surface area contributed by atoms with Crippen LogP contribution in [-0.4, -0.2) is 20.9 Å². The minimum Gasteiger partial charge on any atom is -0.477 e. The van der Waals surface area contributed by atoms with E-state index in [-0.39, 0.29) is 17.4 Å². The zero-order chi connectivity index (χ0) is 12.7. The summed E-state index contributed by atoms with van der Waals surface area (Å²) in [6, 6.07) is 6.09. The van der Waals surface area contributed by atoms with Crippen molar-refractivity contribution in [2.24, 2.45) is 0 Å². The lowest BCUT2D eigenvalue weighted by atomic mass is 10.1. The van der Waals surface area contributed by atoms with Gasteiger partial charge in [0.2, 0.25) is 0 Å². The number of carbonyl (C=O) groups is 1. The molecule has 1 aromatic carbocycles. The number of fused-ring (bicyclic) bond motifs is 1. The highest BCUT2D eigenvalue weighted by Crippen LogP contribution is 2.31. The van der Waals surface area contributed by atoms with Crippen molar-refractivity contribution in [1.29, 1.82) is 0 Å². The van der Waals surface area contributed by atoms with Crippen molar-refractivity contribution in [3.63, 3.8) is 0 Å². The largest absolute Gasteiger partial charge is 0.477 e. The van der Waals surface area contributed by atoms with Crippen LogP contribution in [0.2, 0.25) is 0 Å². The number of hydrogen-bond acceptors (Lipinski definition) is 3. The van der Waals surface area contributed by atoms with Gasteiger partial charge in [0.05, 0.1) is 18.8 Å². The molecule has 0 saturated heterocycles. The second-order valence-electron chi connectivity index (χ2n) is 4.15. The van der Waals surface area contributed by atoms with E-state index < -0.39 is 5.97 Å². The lowest BCUT2D eigenvalue weighted by molar-refractivity contribution is 0.0698. The van der Waals surface area contributed by atoms with Gasteiger partial charge >= 0.3 is 5.97 Å². The van der Waals surface area contributed by atoms with Gasteiger partial charge in [-0.25, -0.2) is 13.9 Å². The molecule has 0 fully saturated rings. The molecule has 18 heavy (non-hydrogen) atoms. The molecule has 0 unspecified atom stereocenters. The highest BCUT2D eigenvalue weighted by Gasteiger charge is 2.27. The smallest absolute Gasteiger partial charge is 0.341 e. The molecule has 92 valence electrons. The molecule has 1 aliphatic rings. The lowest BCUT2D eigenvalue weighted by Crippen LogP contribution is -2.09. The van der Waals surface area contributed by atoms with Crippen LogP contribution in [0.1, 0.15) is 22.0 Å². The van der Waals surface area contributed by atoms with Crippen LogP contribution in [-0.2, 0) is 6.54 Å². The summed E-state index contributed by atoms with van der Waals surface area (Å²) >= 11 is 0. The SMILES string of the molecule is O=C(O)c1cnn2c1N[C@@H](c1cccc(F)c1)C2. The zero-order valence-corrected chi connectivity index (χ0v) is 9.30. The summed E-state index contributed by atoms with van der Waals surface area (Å²) in [7, 11) is 0. The maximum Gasteiger partial charge on any atom is 0.341 e. The number of benzene rings is 1. The fraction of sp³-hybridized carbons (Fsp3) is 0.167. The molecule has 2 heterocycles. The van der Waals surface area contributed by atoms with Crippen molar-refractivity contribution in [3.8, 4) is 0 Å². The summed E-state index contributed by atoms with van der Waals surface area (Å²) in [6.45, 7) is 0.492. The van der Waals surface area contributed by atoms with Crippen LogP contribution < -0.4 is 5.32 Å². The number of carboxylic acids is 1. The monoisotopic (exact) mass is 247 g/mol. The first-order chi connectivity index (χ1) is 8.65. The van der Waals surface area contributed by atoms with Gasteiger partial charge in [0.15, 0.2) is 0 Å². The second kappa shape index (κ2) is 3.83. The highest BCUT2D eigenvalue weighted by molar-refractivity contribution is 5.93. The van der Waals surface area contributed by atoms with E-state index in [1.165, 1.54) is 18.3 Å². The summed E-state index contributed by atoms with van der Waals surface area (Å²) in [5.41, 5.74) is 0.908. The van der Waals surface area contributed by atoms with Gasteiger partial charge in [0.1, 0.15) is 17.2 Å². The Bertz CT molecular complexity index is 624. The Labute approximate surface area is 102 Å². The summed E-state index contributed by atoms with van der Waals surface area (Å²) < 4.78 is 14.7. The molecule has 0 radical (unpaired) electrons. The van der Waals surface area contributed by atoms with Crippen molar-refractivity contribution in [2.75, 3.05) is 5.32 Å². The van der Waals surface area contributed by atoms with Crippen molar-refractivity contribution in [3.05, 3.63) is 47.4 Å². The van der Waals surface area contributed by atoms with Gasteiger partial charge in [-0.05, 0) is 17.7 Å². The van der Waals surface area contributed by atoms with Gasteiger partial charge in [-0.3, -0.25) is 0 Å². The van der Waals surface area contributed by atoms with Crippen molar-refractivity contribution < 1.29 is 14.3 Å². The van der Waals surface area contributed by atoms with Crippen LogP contribution in [0.3, 0.4) is 0 Å². The Morgan fingerprint density at radius 1 is 1.56 bits per heavy atom. The average Bonchev–Trinajstić information content (AvgIpc) is 2.87. The molecule has 0 amide bonds. The van der Waals surface area contributed by atoms with Crippen molar-refractivity contribution >= 4 is 11.8 Å². The molecule has 0 bridgehead atoms. The predicted molar refractivity (Wildman–Crippen MR) is 62.0 cm³/mol. The van der Waals surface area contributed by atoms with Crippen LogP contribution in [0.25, 0.3) is 0 Å². The molecule has 2 aromatic rings. The average molecular weight is 247 g/mol. The van der Waals surface area contributed by atoms with E-state index in [1.54, 1.807) is 16.8 Å². The molecule has 5 nitrogen and oxygen atoms in total. The van der Waals surface area contributed by atoms with Crippen LogP contribution in [0, 0.1) is 5.82 Å². The molecular formula is C12H10FN3O2. The predicted octanol–water partition coefficient (Wildman–Crippen LogP) is 1.89. The van der Waals surface area contributed by atoms with Gasteiger partial charge in [0, 0.05) is 0 Å². The Hall–Kier alpha value is -2.37. The van der Waals surface area contributed by atoms with E-state index in [0.717, 1.165) is 5.56 Å². The number of rotatable bonds is 2. The molecule has 1 aromatic heterocycles. The Morgan fingerprint density at radius 3 is 3.11 bits per heavy atom. The number of hydrogen-bond donors (Lipinski definition) is 2. The number of halogens is 1. The minimum atomic E-state index is -1.02. The van der Waals surface area contributed by atoms with Gasteiger partial charge in [-0.2, -0.15) is 5.10 Å². The maximum atomic E-state index is 13.1. The first-order valence-corrected chi connectivity index (χ1v) is 5.46. The maximum absolute atomic E-state index is 13.1. The van der Waals surface area contributed by atoms with E-state index in [0.29, 0.717) is 12.4 Å². The number of nitrogens with one attached hydrogen (secondary N) is 1. The molecule has 0 aliphatic carbocycles. The van der Waals surface area contributed by atoms with E-state index in [1.807, 2.05) is 0 Å². The minimum absolute atomic E-state index is 0.133.